The summed E-state index contributed by atoms with van der Waals surface area (Å²) >= 11 is 3.34. The average molecular weight is 314 g/mol. The smallest absolute Gasteiger partial charge is 0.169 e. The maximum atomic E-state index is 4.75. The predicted molar refractivity (Wildman–Crippen MR) is 85.3 cm³/mol. The lowest BCUT2D eigenvalue weighted by Gasteiger charge is -2.27. The first kappa shape index (κ1) is 13.1. The molecule has 4 nitrogen and oxygen atoms in total. The molecule has 1 aliphatic rings. The fourth-order valence-electron chi connectivity index (χ4n) is 2.58. The Hall–Kier alpha value is -1.63. The molecule has 6 heteroatoms. The van der Waals surface area contributed by atoms with Crippen LogP contribution in [-0.4, -0.2) is 26.4 Å². The Balaban J connectivity index is 1.54. The van der Waals surface area contributed by atoms with E-state index in [-0.39, 0.29) is 0 Å². The minimum atomic E-state index is 0.858. The molecule has 0 atom stereocenters. The van der Waals surface area contributed by atoms with Crippen LogP contribution in [0, 0.1) is 0 Å². The van der Waals surface area contributed by atoms with Gasteiger partial charge in [-0.15, -0.1) is 22.7 Å². The van der Waals surface area contributed by atoms with Crippen LogP contribution in [0.3, 0.4) is 0 Å². The molecule has 0 amide bonds. The molecule has 0 N–H and O–H groups in total. The number of thiophene rings is 1. The Morgan fingerprint density at radius 1 is 1.29 bits per heavy atom. The van der Waals surface area contributed by atoms with Gasteiger partial charge in [-0.1, -0.05) is 6.07 Å². The first-order chi connectivity index (χ1) is 10.4. The van der Waals surface area contributed by atoms with E-state index in [1.165, 1.54) is 11.3 Å². The molecule has 0 bridgehead atoms. The lowest BCUT2D eigenvalue weighted by Crippen LogP contribution is -2.31. The summed E-state index contributed by atoms with van der Waals surface area (Å²) in [5.74, 6) is 0.858. The van der Waals surface area contributed by atoms with E-state index in [1.807, 2.05) is 17.8 Å². The van der Waals surface area contributed by atoms with E-state index in [0.29, 0.717) is 0 Å². The fraction of sp³-hybridized carbons (Fsp3) is 0.267. The predicted octanol–water partition coefficient (Wildman–Crippen LogP) is 3.22. The maximum absolute atomic E-state index is 4.75. The Kier molecular flexibility index (Phi) is 3.50. The van der Waals surface area contributed by atoms with Gasteiger partial charge in [-0.3, -0.25) is 4.90 Å². The molecule has 4 heterocycles. The molecule has 0 fully saturated rings. The van der Waals surface area contributed by atoms with Crippen molar-refractivity contribution in [2.24, 2.45) is 0 Å². The van der Waals surface area contributed by atoms with Crippen LogP contribution in [-0.2, 0) is 19.5 Å². The van der Waals surface area contributed by atoms with E-state index < -0.39 is 0 Å². The standard InChI is InChI=1S/C15H14N4S2/c1-2-14(21-5-1)15-16-6-11-7-19(4-3-13(11)18-15)8-12-9-20-10-17-12/h1-2,5-6,9-10H,3-4,7-8H2. The van der Waals surface area contributed by atoms with Crippen molar-refractivity contribution in [3.05, 3.63) is 51.6 Å². The monoisotopic (exact) mass is 314 g/mol. The van der Waals surface area contributed by atoms with Gasteiger partial charge in [0.1, 0.15) is 0 Å². The number of rotatable bonds is 3. The van der Waals surface area contributed by atoms with Crippen molar-refractivity contribution in [2.75, 3.05) is 6.54 Å². The third kappa shape index (κ3) is 2.74. The van der Waals surface area contributed by atoms with Gasteiger partial charge >= 0.3 is 0 Å². The molecular formula is C15H14N4S2. The average Bonchev–Trinajstić information content (AvgIpc) is 3.20. The number of thiazole rings is 1. The van der Waals surface area contributed by atoms with Crippen LogP contribution < -0.4 is 0 Å². The summed E-state index contributed by atoms with van der Waals surface area (Å²) in [6.45, 7) is 2.86. The Morgan fingerprint density at radius 2 is 2.29 bits per heavy atom. The molecule has 0 aromatic carbocycles. The van der Waals surface area contributed by atoms with Crippen molar-refractivity contribution in [3.8, 4) is 10.7 Å². The van der Waals surface area contributed by atoms with Gasteiger partial charge < -0.3 is 0 Å². The maximum Gasteiger partial charge on any atom is 0.169 e. The van der Waals surface area contributed by atoms with Crippen LogP contribution in [0.1, 0.15) is 17.0 Å². The quantitative estimate of drug-likeness (QED) is 0.744. The highest BCUT2D eigenvalue weighted by molar-refractivity contribution is 7.13. The molecule has 0 saturated carbocycles. The highest BCUT2D eigenvalue weighted by atomic mass is 32.1. The topological polar surface area (TPSA) is 41.9 Å². The molecule has 3 aromatic rings. The summed E-state index contributed by atoms with van der Waals surface area (Å²) in [4.78, 5) is 17.2. The second-order valence-corrected chi connectivity index (χ2v) is 6.75. The largest absolute Gasteiger partial charge is 0.293 e. The zero-order chi connectivity index (χ0) is 14.1. The Bertz CT molecular complexity index is 722. The summed E-state index contributed by atoms with van der Waals surface area (Å²) < 4.78 is 0. The summed E-state index contributed by atoms with van der Waals surface area (Å²) in [6, 6.07) is 4.11. The van der Waals surface area contributed by atoms with Crippen LogP contribution in [0.2, 0.25) is 0 Å². The third-order valence-electron chi connectivity index (χ3n) is 3.62. The summed E-state index contributed by atoms with van der Waals surface area (Å²) in [7, 11) is 0. The molecule has 0 saturated heterocycles. The van der Waals surface area contributed by atoms with E-state index in [4.69, 9.17) is 4.98 Å². The van der Waals surface area contributed by atoms with Gasteiger partial charge in [0.05, 0.1) is 21.8 Å². The fourth-order valence-corrected chi connectivity index (χ4v) is 3.79. The SMILES string of the molecule is c1csc(-c2ncc3c(n2)CCN(Cc2cscn2)C3)c1. The lowest BCUT2D eigenvalue weighted by molar-refractivity contribution is 0.240. The highest BCUT2D eigenvalue weighted by Gasteiger charge is 2.19. The van der Waals surface area contributed by atoms with Gasteiger partial charge in [0.25, 0.3) is 0 Å². The number of fused-ring (bicyclic) bond motifs is 1. The molecule has 0 spiro atoms. The minimum absolute atomic E-state index is 0.858. The number of nitrogens with zero attached hydrogens (tertiary/aromatic N) is 4. The van der Waals surface area contributed by atoms with Crippen LogP contribution in [0.4, 0.5) is 0 Å². The Labute approximate surface area is 131 Å². The molecule has 21 heavy (non-hydrogen) atoms. The van der Waals surface area contributed by atoms with Gasteiger partial charge in [0, 0.05) is 43.2 Å². The zero-order valence-electron chi connectivity index (χ0n) is 11.4. The Morgan fingerprint density at radius 3 is 3.10 bits per heavy atom. The molecule has 0 aliphatic carbocycles. The van der Waals surface area contributed by atoms with Crippen molar-refractivity contribution in [1.82, 2.24) is 19.9 Å². The lowest BCUT2D eigenvalue weighted by atomic mass is 10.1. The molecule has 106 valence electrons. The van der Waals surface area contributed by atoms with E-state index in [1.54, 1.807) is 22.7 Å². The normalized spacial score (nSPS) is 15.0. The molecular weight excluding hydrogens is 300 g/mol. The van der Waals surface area contributed by atoms with Crippen molar-refractivity contribution in [1.29, 1.82) is 0 Å². The third-order valence-corrected chi connectivity index (χ3v) is 5.12. The molecule has 0 radical (unpaired) electrons. The molecule has 4 rings (SSSR count). The van der Waals surface area contributed by atoms with Crippen LogP contribution >= 0.6 is 22.7 Å². The van der Waals surface area contributed by atoms with Gasteiger partial charge in [0.15, 0.2) is 5.82 Å². The van der Waals surface area contributed by atoms with Gasteiger partial charge in [-0.2, -0.15) is 0 Å². The summed E-state index contributed by atoms with van der Waals surface area (Å²) in [5.41, 5.74) is 5.49. The summed E-state index contributed by atoms with van der Waals surface area (Å²) in [5, 5.41) is 4.18. The van der Waals surface area contributed by atoms with Gasteiger partial charge in [0.2, 0.25) is 0 Å². The molecule has 3 aromatic heterocycles. The van der Waals surface area contributed by atoms with Crippen LogP contribution in [0.5, 0.6) is 0 Å². The first-order valence-corrected chi connectivity index (χ1v) is 8.69. The highest BCUT2D eigenvalue weighted by Crippen LogP contribution is 2.24. The molecule has 1 aliphatic heterocycles. The molecule has 0 unspecified atom stereocenters. The van der Waals surface area contributed by atoms with Crippen molar-refractivity contribution in [2.45, 2.75) is 19.5 Å². The van der Waals surface area contributed by atoms with Crippen LogP contribution in [0.25, 0.3) is 10.7 Å². The van der Waals surface area contributed by atoms with Crippen molar-refractivity contribution in [3.63, 3.8) is 0 Å². The van der Waals surface area contributed by atoms with E-state index in [2.05, 4.69) is 31.7 Å². The first-order valence-electron chi connectivity index (χ1n) is 6.86. The van der Waals surface area contributed by atoms with Crippen molar-refractivity contribution < 1.29 is 0 Å². The van der Waals surface area contributed by atoms with Gasteiger partial charge in [-0.05, 0) is 11.4 Å². The van der Waals surface area contributed by atoms with Crippen LogP contribution in [0.15, 0.2) is 34.6 Å². The zero-order valence-corrected chi connectivity index (χ0v) is 13.0. The van der Waals surface area contributed by atoms with Gasteiger partial charge in [-0.25, -0.2) is 15.0 Å². The van der Waals surface area contributed by atoms with E-state index >= 15 is 0 Å². The number of hydrogen-bond acceptors (Lipinski definition) is 6. The van der Waals surface area contributed by atoms with E-state index in [0.717, 1.165) is 42.5 Å². The minimum Gasteiger partial charge on any atom is -0.293 e. The summed E-state index contributed by atoms with van der Waals surface area (Å²) in [6.07, 6.45) is 2.98. The van der Waals surface area contributed by atoms with Crippen molar-refractivity contribution >= 4 is 22.7 Å². The van der Waals surface area contributed by atoms with E-state index in [9.17, 15) is 0 Å². The number of hydrogen-bond donors (Lipinski definition) is 0. The second kappa shape index (κ2) is 5.63. The second-order valence-electron chi connectivity index (χ2n) is 5.08. The number of aromatic nitrogens is 3.